The van der Waals surface area contributed by atoms with Crippen LogP contribution in [0.4, 0.5) is 0 Å². The number of halogens is 2. The fraction of sp³-hybridized carbons (Fsp3) is 0.200. The maximum Gasteiger partial charge on any atom is 0.305 e. The van der Waals surface area contributed by atoms with Gasteiger partial charge in [-0.25, -0.2) is 0 Å². The lowest BCUT2D eigenvalue weighted by Crippen LogP contribution is -2.36. The number of aromatic nitrogens is 2. The van der Waals surface area contributed by atoms with Gasteiger partial charge in [0.05, 0.1) is 34.2 Å². The number of hydrogen-bond acceptors (Lipinski definition) is 4. The van der Waals surface area contributed by atoms with Crippen LogP contribution >= 0.6 is 23.2 Å². The number of amides is 2. The molecular formula is C30H26Cl2N4O4. The molecule has 1 fully saturated rings. The molecule has 1 aromatic heterocycles. The number of benzene rings is 3. The summed E-state index contributed by atoms with van der Waals surface area (Å²) in [4.78, 5) is 36.6. The van der Waals surface area contributed by atoms with E-state index in [0.717, 1.165) is 29.5 Å². The van der Waals surface area contributed by atoms with Crippen molar-refractivity contribution in [3.8, 4) is 11.3 Å². The van der Waals surface area contributed by atoms with E-state index in [1.54, 1.807) is 53.2 Å². The second-order valence-corrected chi connectivity index (χ2v) is 10.5. The maximum absolute atomic E-state index is 13.6. The van der Waals surface area contributed by atoms with Crippen LogP contribution in [0.1, 0.15) is 51.2 Å². The first kappa shape index (κ1) is 27.4. The first-order chi connectivity index (χ1) is 19.2. The van der Waals surface area contributed by atoms with E-state index in [1.165, 1.54) is 0 Å². The molecule has 204 valence electrons. The molecule has 8 nitrogen and oxygen atoms in total. The second-order valence-electron chi connectivity index (χ2n) is 9.70. The molecule has 10 heteroatoms. The van der Waals surface area contributed by atoms with Crippen LogP contribution in [0.2, 0.25) is 10.0 Å². The van der Waals surface area contributed by atoms with Gasteiger partial charge < -0.3 is 15.7 Å². The highest BCUT2D eigenvalue weighted by Crippen LogP contribution is 2.45. The van der Waals surface area contributed by atoms with Crippen LogP contribution < -0.4 is 10.6 Å². The lowest BCUT2D eigenvalue weighted by Gasteiger charge is -2.18. The van der Waals surface area contributed by atoms with Crippen molar-refractivity contribution in [2.24, 2.45) is 0 Å². The lowest BCUT2D eigenvalue weighted by atomic mass is 10.0. The third-order valence-corrected chi connectivity index (χ3v) is 7.57. The summed E-state index contributed by atoms with van der Waals surface area (Å²) in [6.45, 7) is 0.326. The Morgan fingerprint density at radius 3 is 2.27 bits per heavy atom. The number of carbonyl (C=O) groups excluding carboxylic acids is 2. The van der Waals surface area contributed by atoms with Gasteiger partial charge in [-0.3, -0.25) is 19.1 Å². The Kier molecular flexibility index (Phi) is 7.91. The normalized spacial score (nSPS) is 13.4. The average molecular weight is 577 g/mol. The van der Waals surface area contributed by atoms with Crippen LogP contribution in [0.15, 0.2) is 78.9 Å². The number of nitrogens with zero attached hydrogens (tertiary/aromatic N) is 2. The zero-order valence-corrected chi connectivity index (χ0v) is 22.9. The third kappa shape index (κ3) is 6.19. The number of carbonyl (C=O) groups is 3. The van der Waals surface area contributed by atoms with Crippen LogP contribution in [-0.4, -0.2) is 39.2 Å². The molecular weight excluding hydrogens is 551 g/mol. The van der Waals surface area contributed by atoms with Gasteiger partial charge in [0.1, 0.15) is 5.69 Å². The van der Waals surface area contributed by atoms with Crippen LogP contribution in [0.3, 0.4) is 0 Å². The van der Waals surface area contributed by atoms with Crippen molar-refractivity contribution >= 4 is 41.0 Å². The summed E-state index contributed by atoms with van der Waals surface area (Å²) >= 11 is 12.3. The Morgan fingerprint density at radius 1 is 0.900 bits per heavy atom. The van der Waals surface area contributed by atoms with Gasteiger partial charge in [-0.15, -0.1) is 0 Å². The van der Waals surface area contributed by atoms with Gasteiger partial charge in [0.15, 0.2) is 0 Å². The van der Waals surface area contributed by atoms with Crippen molar-refractivity contribution in [1.82, 2.24) is 20.4 Å². The first-order valence-electron chi connectivity index (χ1n) is 12.7. The third-order valence-electron chi connectivity index (χ3n) is 6.83. The minimum Gasteiger partial charge on any atom is -0.481 e. The van der Waals surface area contributed by atoms with E-state index in [1.807, 2.05) is 30.3 Å². The fourth-order valence-electron chi connectivity index (χ4n) is 4.49. The Balaban J connectivity index is 1.40. The van der Waals surface area contributed by atoms with Gasteiger partial charge in [0.25, 0.3) is 11.8 Å². The number of aliphatic carboxylic acids is 1. The van der Waals surface area contributed by atoms with E-state index in [4.69, 9.17) is 33.4 Å². The monoisotopic (exact) mass is 576 g/mol. The van der Waals surface area contributed by atoms with Gasteiger partial charge in [-0.2, -0.15) is 5.10 Å². The van der Waals surface area contributed by atoms with Crippen molar-refractivity contribution in [2.45, 2.75) is 31.3 Å². The molecule has 4 aromatic rings. The number of hydrogen-bond donors (Lipinski definition) is 3. The van der Waals surface area contributed by atoms with Crippen molar-refractivity contribution in [2.75, 3.05) is 6.54 Å². The molecule has 40 heavy (non-hydrogen) atoms. The number of carboxylic acids is 1. The largest absolute Gasteiger partial charge is 0.481 e. The smallest absolute Gasteiger partial charge is 0.305 e. The van der Waals surface area contributed by atoms with Gasteiger partial charge in [0, 0.05) is 17.7 Å². The quantitative estimate of drug-likeness (QED) is 0.230. The van der Waals surface area contributed by atoms with E-state index in [-0.39, 0.29) is 31.3 Å². The summed E-state index contributed by atoms with van der Waals surface area (Å²) in [6, 6.07) is 23.7. The van der Waals surface area contributed by atoms with Crippen molar-refractivity contribution < 1.29 is 19.5 Å². The average Bonchev–Trinajstić information content (AvgIpc) is 3.61. The van der Waals surface area contributed by atoms with Crippen molar-refractivity contribution in [1.29, 1.82) is 0 Å². The summed E-state index contributed by atoms with van der Waals surface area (Å²) in [6.07, 6.45) is 1.56. The predicted molar refractivity (Wildman–Crippen MR) is 153 cm³/mol. The predicted octanol–water partition coefficient (Wildman–Crippen LogP) is 5.53. The van der Waals surface area contributed by atoms with E-state index in [2.05, 4.69) is 10.6 Å². The fourth-order valence-corrected chi connectivity index (χ4v) is 4.78. The molecule has 1 aliphatic carbocycles. The van der Waals surface area contributed by atoms with E-state index < -0.39 is 11.5 Å². The molecule has 1 saturated carbocycles. The Morgan fingerprint density at radius 2 is 1.62 bits per heavy atom. The van der Waals surface area contributed by atoms with E-state index in [9.17, 15) is 14.4 Å². The van der Waals surface area contributed by atoms with Crippen LogP contribution in [-0.2, 0) is 16.9 Å². The van der Waals surface area contributed by atoms with E-state index in [0.29, 0.717) is 27.0 Å². The maximum atomic E-state index is 13.6. The zero-order valence-electron chi connectivity index (χ0n) is 21.4. The number of carboxylic acid groups (broad SMARTS) is 1. The van der Waals surface area contributed by atoms with Gasteiger partial charge in [0.2, 0.25) is 0 Å². The summed E-state index contributed by atoms with van der Waals surface area (Å²) in [5, 5.41) is 20.1. The zero-order chi connectivity index (χ0) is 28.3. The molecule has 5 rings (SSSR count). The number of nitrogens with one attached hydrogen (secondary N) is 2. The van der Waals surface area contributed by atoms with Crippen molar-refractivity contribution in [3.05, 3.63) is 111 Å². The SMILES string of the molecule is O=C(O)CCNC(=O)c1ccc(Cn2nc(-c3ccc(Cl)c(Cl)c3)cc2C(=O)NC2(c3ccccc3)CC2)cc1. The molecule has 0 saturated heterocycles. The van der Waals surface area contributed by atoms with Gasteiger partial charge in [-0.05, 0) is 54.3 Å². The van der Waals surface area contributed by atoms with Crippen molar-refractivity contribution in [3.63, 3.8) is 0 Å². The Labute approximate surface area is 240 Å². The van der Waals surface area contributed by atoms with Crippen LogP contribution in [0.25, 0.3) is 11.3 Å². The molecule has 0 spiro atoms. The first-order valence-corrected chi connectivity index (χ1v) is 13.5. The summed E-state index contributed by atoms with van der Waals surface area (Å²) in [5.74, 6) is -1.58. The molecule has 1 aliphatic rings. The standard InChI is InChI=1S/C30H26Cl2N4O4/c31-23-11-10-21(16-24(23)32)25-17-26(29(40)34-30(13-14-30)22-4-2-1-3-5-22)36(35-25)18-19-6-8-20(9-7-19)28(39)33-15-12-27(37)38/h1-11,16-17H,12-15,18H2,(H,33,39)(H,34,40)(H,37,38). The molecule has 0 bridgehead atoms. The second kappa shape index (κ2) is 11.5. The number of rotatable bonds is 10. The highest BCUT2D eigenvalue weighted by atomic mass is 35.5. The van der Waals surface area contributed by atoms with Crippen LogP contribution in [0, 0.1) is 0 Å². The molecule has 0 atom stereocenters. The molecule has 0 unspecified atom stereocenters. The molecule has 0 radical (unpaired) electrons. The molecule has 0 aliphatic heterocycles. The molecule has 3 N–H and O–H groups in total. The Bertz CT molecular complexity index is 1560. The molecule has 3 aromatic carbocycles. The van der Waals surface area contributed by atoms with E-state index >= 15 is 0 Å². The molecule has 1 heterocycles. The van der Waals surface area contributed by atoms with Gasteiger partial charge >= 0.3 is 5.97 Å². The summed E-state index contributed by atoms with van der Waals surface area (Å²) in [5.41, 5.74) is 3.58. The summed E-state index contributed by atoms with van der Waals surface area (Å²) in [7, 11) is 0. The molecule has 2 amide bonds. The minimum atomic E-state index is -0.980. The lowest BCUT2D eigenvalue weighted by molar-refractivity contribution is -0.136. The minimum absolute atomic E-state index is 0.0453. The topological polar surface area (TPSA) is 113 Å². The summed E-state index contributed by atoms with van der Waals surface area (Å²) < 4.78 is 1.64. The Hall–Kier alpha value is -4.14. The highest BCUT2D eigenvalue weighted by molar-refractivity contribution is 6.42. The van der Waals surface area contributed by atoms with Crippen LogP contribution in [0.5, 0.6) is 0 Å². The van der Waals surface area contributed by atoms with Gasteiger partial charge in [-0.1, -0.05) is 71.7 Å². The highest BCUT2D eigenvalue weighted by Gasteiger charge is 2.46.